The molecule has 0 aliphatic rings. The third-order valence-electron chi connectivity index (χ3n) is 5.25. The third kappa shape index (κ3) is 5.97. The molecule has 0 spiro atoms. The fourth-order valence-electron chi connectivity index (χ4n) is 3.37. The molecule has 0 saturated carbocycles. The standard InChI is InChI=1S/C24H25N5O7/c1-29(15-8-5-4-6-9-15)24(34)26-16(22(31)32)12-14-13-25-23(33)28-20(14)27-21(30)19-17(35-2)10-7-11-18(19)36-3/h4-11,13,16H,12H2,1-3H3,(H,26,34)(H,31,32)(H2,25,27,28,30,33). The lowest BCUT2D eigenvalue weighted by atomic mass is 10.1. The van der Waals surface area contributed by atoms with E-state index in [0.29, 0.717) is 5.69 Å². The van der Waals surface area contributed by atoms with Crippen LogP contribution in [0.5, 0.6) is 11.5 Å². The van der Waals surface area contributed by atoms with Crippen molar-refractivity contribution in [3.8, 4) is 11.5 Å². The number of carbonyl (C=O) groups excluding carboxylic acids is 2. The molecule has 1 unspecified atom stereocenters. The summed E-state index contributed by atoms with van der Waals surface area (Å²) in [6, 6.07) is 11.4. The molecule has 0 radical (unpaired) electrons. The Bertz CT molecular complexity index is 1290. The van der Waals surface area contributed by atoms with Crippen molar-refractivity contribution in [1.29, 1.82) is 0 Å². The molecule has 0 aliphatic carbocycles. The number of aromatic amines is 1. The van der Waals surface area contributed by atoms with Crippen molar-refractivity contribution in [2.45, 2.75) is 12.5 Å². The Balaban J connectivity index is 1.86. The van der Waals surface area contributed by atoms with Crippen molar-refractivity contribution in [2.75, 3.05) is 31.5 Å². The molecule has 1 aromatic heterocycles. The average molecular weight is 495 g/mol. The molecule has 3 aromatic rings. The molecule has 0 fully saturated rings. The van der Waals surface area contributed by atoms with Gasteiger partial charge in [0.05, 0.1) is 14.2 Å². The topological polar surface area (TPSA) is 163 Å². The first-order valence-corrected chi connectivity index (χ1v) is 10.7. The molecular weight excluding hydrogens is 470 g/mol. The zero-order valence-electron chi connectivity index (χ0n) is 19.8. The Labute approximate surface area is 205 Å². The summed E-state index contributed by atoms with van der Waals surface area (Å²) in [5.41, 5.74) is 0.0369. The third-order valence-corrected chi connectivity index (χ3v) is 5.25. The maximum Gasteiger partial charge on any atom is 0.346 e. The van der Waals surface area contributed by atoms with Gasteiger partial charge >= 0.3 is 17.7 Å². The van der Waals surface area contributed by atoms with E-state index in [1.54, 1.807) is 48.5 Å². The van der Waals surface area contributed by atoms with E-state index in [-0.39, 0.29) is 34.9 Å². The summed E-state index contributed by atoms with van der Waals surface area (Å²) in [7, 11) is 4.27. The lowest BCUT2D eigenvalue weighted by molar-refractivity contribution is -0.139. The van der Waals surface area contributed by atoms with Crippen molar-refractivity contribution < 1.29 is 29.0 Å². The van der Waals surface area contributed by atoms with Crippen molar-refractivity contribution in [1.82, 2.24) is 15.3 Å². The minimum Gasteiger partial charge on any atom is -0.496 e. The molecule has 0 aliphatic heterocycles. The van der Waals surface area contributed by atoms with Gasteiger partial charge in [0, 0.05) is 30.9 Å². The summed E-state index contributed by atoms with van der Waals surface area (Å²) in [5.74, 6) is -1.62. The van der Waals surface area contributed by atoms with Crippen LogP contribution in [0.25, 0.3) is 0 Å². The number of methoxy groups -OCH3 is 2. The maximum atomic E-state index is 13.1. The Morgan fingerprint density at radius 1 is 1.06 bits per heavy atom. The molecule has 1 heterocycles. The van der Waals surface area contributed by atoms with Crippen molar-refractivity contribution >= 4 is 29.4 Å². The van der Waals surface area contributed by atoms with E-state index in [4.69, 9.17) is 9.47 Å². The van der Waals surface area contributed by atoms with Gasteiger partial charge in [-0.05, 0) is 24.3 Å². The van der Waals surface area contributed by atoms with Crippen LogP contribution in [-0.2, 0) is 11.2 Å². The predicted octanol–water partition coefficient (Wildman–Crippen LogP) is 1.88. The number of amides is 3. The van der Waals surface area contributed by atoms with Crippen LogP contribution in [0.1, 0.15) is 15.9 Å². The maximum absolute atomic E-state index is 13.1. The van der Waals surface area contributed by atoms with Gasteiger partial charge in [0.2, 0.25) is 0 Å². The number of anilines is 2. The highest BCUT2D eigenvalue weighted by molar-refractivity contribution is 6.08. The van der Waals surface area contributed by atoms with Gasteiger partial charge in [0.25, 0.3) is 5.91 Å². The zero-order valence-corrected chi connectivity index (χ0v) is 19.8. The number of aromatic nitrogens is 2. The Kier molecular flexibility index (Phi) is 8.23. The highest BCUT2D eigenvalue weighted by Crippen LogP contribution is 2.29. The van der Waals surface area contributed by atoms with Gasteiger partial charge in [-0.3, -0.25) is 14.7 Å². The number of urea groups is 1. The molecule has 2 aromatic carbocycles. The van der Waals surface area contributed by atoms with E-state index in [0.717, 1.165) is 6.20 Å². The molecule has 12 heteroatoms. The monoisotopic (exact) mass is 495 g/mol. The molecule has 3 rings (SSSR count). The number of H-pyrrole nitrogens is 1. The second-order valence-corrected chi connectivity index (χ2v) is 7.52. The van der Waals surface area contributed by atoms with Crippen molar-refractivity contribution in [2.24, 2.45) is 0 Å². The number of carboxylic acids is 1. The number of hydrogen-bond acceptors (Lipinski definition) is 7. The number of ether oxygens (including phenoxy) is 2. The van der Waals surface area contributed by atoms with E-state index < -0.39 is 29.6 Å². The van der Waals surface area contributed by atoms with Gasteiger partial charge in [-0.1, -0.05) is 24.3 Å². The second-order valence-electron chi connectivity index (χ2n) is 7.52. The quantitative estimate of drug-likeness (QED) is 0.350. The van der Waals surface area contributed by atoms with Gasteiger partial charge < -0.3 is 25.2 Å². The van der Waals surface area contributed by atoms with Gasteiger partial charge in [-0.15, -0.1) is 0 Å². The smallest absolute Gasteiger partial charge is 0.346 e. The summed E-state index contributed by atoms with van der Waals surface area (Å²) >= 11 is 0. The van der Waals surface area contributed by atoms with Crippen LogP contribution in [0.15, 0.2) is 59.5 Å². The van der Waals surface area contributed by atoms with E-state index in [1.807, 2.05) is 0 Å². The van der Waals surface area contributed by atoms with Crippen LogP contribution >= 0.6 is 0 Å². The number of carbonyl (C=O) groups is 3. The van der Waals surface area contributed by atoms with E-state index in [1.165, 1.54) is 26.2 Å². The SMILES string of the molecule is COc1cccc(OC)c1C(=O)Nc1[nH]c(=O)ncc1CC(NC(=O)N(C)c1ccccc1)C(=O)O. The summed E-state index contributed by atoms with van der Waals surface area (Å²) in [4.78, 5) is 56.9. The fraction of sp³-hybridized carbons (Fsp3) is 0.208. The first-order valence-electron chi connectivity index (χ1n) is 10.7. The van der Waals surface area contributed by atoms with Gasteiger partial charge in [-0.25, -0.2) is 19.4 Å². The van der Waals surface area contributed by atoms with E-state index in [2.05, 4.69) is 20.6 Å². The summed E-state index contributed by atoms with van der Waals surface area (Å²) < 4.78 is 10.5. The Morgan fingerprint density at radius 2 is 1.69 bits per heavy atom. The normalized spacial score (nSPS) is 11.2. The first-order chi connectivity index (χ1) is 17.2. The van der Waals surface area contributed by atoms with Crippen LogP contribution in [-0.4, -0.2) is 60.3 Å². The van der Waals surface area contributed by atoms with E-state index >= 15 is 0 Å². The Morgan fingerprint density at radius 3 is 2.28 bits per heavy atom. The van der Waals surface area contributed by atoms with Crippen molar-refractivity contribution in [3.63, 3.8) is 0 Å². The summed E-state index contributed by atoms with van der Waals surface area (Å²) in [6.07, 6.45) is 0.850. The second kappa shape index (κ2) is 11.5. The molecule has 0 saturated heterocycles. The number of para-hydroxylation sites is 1. The number of benzene rings is 2. The van der Waals surface area contributed by atoms with Crippen LogP contribution in [0.2, 0.25) is 0 Å². The number of nitrogens with one attached hydrogen (secondary N) is 3. The molecule has 188 valence electrons. The predicted molar refractivity (Wildman–Crippen MR) is 131 cm³/mol. The number of carboxylic acid groups (broad SMARTS) is 1. The van der Waals surface area contributed by atoms with Crippen LogP contribution in [0.3, 0.4) is 0 Å². The zero-order chi connectivity index (χ0) is 26.2. The van der Waals surface area contributed by atoms with Crippen LogP contribution in [0.4, 0.5) is 16.3 Å². The van der Waals surface area contributed by atoms with Gasteiger partial charge in [0.1, 0.15) is 28.9 Å². The van der Waals surface area contributed by atoms with Crippen LogP contribution in [0, 0.1) is 0 Å². The number of hydrogen-bond donors (Lipinski definition) is 4. The largest absolute Gasteiger partial charge is 0.496 e. The highest BCUT2D eigenvalue weighted by Gasteiger charge is 2.26. The fourth-order valence-corrected chi connectivity index (χ4v) is 3.37. The summed E-state index contributed by atoms with van der Waals surface area (Å²) in [5, 5.41) is 14.7. The Hall–Kier alpha value is -4.87. The lowest BCUT2D eigenvalue weighted by Gasteiger charge is -2.22. The average Bonchev–Trinajstić information content (AvgIpc) is 2.88. The first kappa shape index (κ1) is 25.7. The molecule has 12 nitrogen and oxygen atoms in total. The molecule has 3 amide bonds. The molecule has 36 heavy (non-hydrogen) atoms. The van der Waals surface area contributed by atoms with Crippen LogP contribution < -0.4 is 30.7 Å². The lowest BCUT2D eigenvalue weighted by Crippen LogP contribution is -2.48. The number of nitrogens with zero attached hydrogens (tertiary/aromatic N) is 2. The highest BCUT2D eigenvalue weighted by atomic mass is 16.5. The minimum atomic E-state index is -1.40. The number of aliphatic carboxylic acids is 1. The van der Waals surface area contributed by atoms with E-state index in [9.17, 15) is 24.3 Å². The summed E-state index contributed by atoms with van der Waals surface area (Å²) in [6.45, 7) is 0. The number of rotatable bonds is 9. The van der Waals surface area contributed by atoms with Crippen molar-refractivity contribution in [3.05, 3.63) is 76.3 Å². The molecule has 0 bridgehead atoms. The minimum absolute atomic E-state index is 0.0682. The van der Waals surface area contributed by atoms with Gasteiger partial charge in [-0.2, -0.15) is 0 Å². The van der Waals surface area contributed by atoms with Gasteiger partial charge in [0.15, 0.2) is 0 Å². The molecular formula is C24H25N5O7. The molecule has 4 N–H and O–H groups in total. The molecule has 1 atom stereocenters.